The maximum absolute atomic E-state index is 4.36. The van der Waals surface area contributed by atoms with E-state index in [9.17, 15) is 0 Å². The summed E-state index contributed by atoms with van der Waals surface area (Å²) in [6.07, 6.45) is 3.52. The Bertz CT molecular complexity index is 490. The van der Waals surface area contributed by atoms with Crippen molar-refractivity contribution >= 4 is 22.9 Å². The van der Waals surface area contributed by atoms with Crippen LogP contribution >= 0.6 is 22.9 Å². The van der Waals surface area contributed by atoms with Gasteiger partial charge in [-0.2, -0.15) is 9.47 Å². The smallest absolute Gasteiger partial charge is 0.143 e. The van der Waals surface area contributed by atoms with Crippen molar-refractivity contribution in [2.75, 3.05) is 0 Å². The van der Waals surface area contributed by atoms with Crippen molar-refractivity contribution in [2.24, 2.45) is 0 Å². The lowest BCUT2D eigenvalue weighted by Crippen LogP contribution is -1.81. The quantitative estimate of drug-likeness (QED) is 0.741. The fourth-order valence-corrected chi connectivity index (χ4v) is 2.71. The van der Waals surface area contributed by atoms with E-state index in [2.05, 4.69) is 19.6 Å². The zero-order valence-electron chi connectivity index (χ0n) is 7.54. The number of nitrogens with one attached hydrogen (secondary N) is 1. The molecule has 0 radical (unpaired) electrons. The summed E-state index contributed by atoms with van der Waals surface area (Å²) in [6.45, 7) is 0. The number of hydrogen-bond donors (Lipinski definition) is 1. The van der Waals surface area contributed by atoms with E-state index in [1.807, 2.05) is 16.8 Å². The van der Waals surface area contributed by atoms with Crippen LogP contribution in [-0.4, -0.2) is 19.6 Å². The lowest BCUT2D eigenvalue weighted by molar-refractivity contribution is 1.10. The van der Waals surface area contributed by atoms with E-state index in [0.717, 1.165) is 22.0 Å². The number of H-pyrrole nitrogens is 1. The molecule has 4 nitrogen and oxygen atoms in total. The van der Waals surface area contributed by atoms with E-state index in [1.54, 1.807) is 23.7 Å². The van der Waals surface area contributed by atoms with E-state index in [1.165, 1.54) is 11.5 Å². The first-order chi connectivity index (χ1) is 7.45. The standard InChI is InChI=1S/C9H6N4S2/c1-2-11-12-7(1)6-5-15-13-8(6)9-10-3-4-14-9/h1-5H,(H,11,12). The predicted octanol–water partition coefficient (Wildman–Crippen LogP) is 2.66. The van der Waals surface area contributed by atoms with Crippen LogP contribution in [0.15, 0.2) is 29.2 Å². The van der Waals surface area contributed by atoms with Gasteiger partial charge in [-0.1, -0.05) is 0 Å². The van der Waals surface area contributed by atoms with Gasteiger partial charge in [0, 0.05) is 28.7 Å². The van der Waals surface area contributed by atoms with Crippen LogP contribution in [0.5, 0.6) is 0 Å². The molecule has 0 aliphatic rings. The third kappa shape index (κ3) is 1.47. The summed E-state index contributed by atoms with van der Waals surface area (Å²) in [5.74, 6) is 0. The molecule has 3 aromatic heterocycles. The molecule has 0 saturated heterocycles. The summed E-state index contributed by atoms with van der Waals surface area (Å²) < 4.78 is 4.36. The second-order valence-electron chi connectivity index (χ2n) is 2.88. The van der Waals surface area contributed by atoms with Gasteiger partial charge >= 0.3 is 0 Å². The van der Waals surface area contributed by atoms with Crippen molar-refractivity contribution in [3.63, 3.8) is 0 Å². The summed E-state index contributed by atoms with van der Waals surface area (Å²) in [7, 11) is 0. The van der Waals surface area contributed by atoms with Gasteiger partial charge in [0.05, 0.1) is 5.69 Å². The van der Waals surface area contributed by atoms with Crippen LogP contribution in [0.3, 0.4) is 0 Å². The number of aromatic nitrogens is 4. The van der Waals surface area contributed by atoms with E-state index in [0.29, 0.717) is 0 Å². The van der Waals surface area contributed by atoms with Crippen LogP contribution < -0.4 is 0 Å². The van der Waals surface area contributed by atoms with Gasteiger partial charge in [0.25, 0.3) is 0 Å². The lowest BCUT2D eigenvalue weighted by atomic mass is 10.2. The van der Waals surface area contributed by atoms with Crippen molar-refractivity contribution < 1.29 is 0 Å². The van der Waals surface area contributed by atoms with Crippen LogP contribution in [-0.2, 0) is 0 Å². The van der Waals surface area contributed by atoms with Gasteiger partial charge in [-0.25, -0.2) is 4.98 Å². The Kier molecular flexibility index (Phi) is 2.08. The highest BCUT2D eigenvalue weighted by atomic mass is 32.1. The Morgan fingerprint density at radius 2 is 2.27 bits per heavy atom. The highest BCUT2D eigenvalue weighted by Gasteiger charge is 2.13. The molecule has 74 valence electrons. The Hall–Kier alpha value is -1.53. The van der Waals surface area contributed by atoms with Crippen LogP contribution in [0, 0.1) is 0 Å². The molecule has 0 atom stereocenters. The Morgan fingerprint density at radius 3 is 3.00 bits per heavy atom. The fraction of sp³-hybridized carbons (Fsp3) is 0. The molecule has 0 spiro atoms. The molecule has 15 heavy (non-hydrogen) atoms. The first-order valence-corrected chi connectivity index (χ1v) is 6.01. The maximum Gasteiger partial charge on any atom is 0.143 e. The van der Waals surface area contributed by atoms with Gasteiger partial charge < -0.3 is 0 Å². The van der Waals surface area contributed by atoms with Gasteiger partial charge in [-0.05, 0) is 17.6 Å². The van der Waals surface area contributed by atoms with Crippen LogP contribution in [0.25, 0.3) is 22.0 Å². The van der Waals surface area contributed by atoms with Crippen molar-refractivity contribution in [1.82, 2.24) is 19.6 Å². The Morgan fingerprint density at radius 1 is 1.27 bits per heavy atom. The number of nitrogens with zero attached hydrogens (tertiary/aromatic N) is 3. The maximum atomic E-state index is 4.36. The summed E-state index contributed by atoms with van der Waals surface area (Å²) in [6, 6.07) is 1.93. The molecule has 0 aliphatic carbocycles. The highest BCUT2D eigenvalue weighted by molar-refractivity contribution is 7.13. The third-order valence-corrected chi connectivity index (χ3v) is 3.40. The molecule has 0 amide bonds. The summed E-state index contributed by atoms with van der Waals surface area (Å²) in [4.78, 5) is 4.26. The average molecular weight is 234 g/mol. The molecule has 0 aliphatic heterocycles. The normalized spacial score (nSPS) is 10.7. The van der Waals surface area contributed by atoms with Crippen LogP contribution in [0.1, 0.15) is 0 Å². The molecule has 3 rings (SSSR count). The minimum Gasteiger partial charge on any atom is -0.278 e. The van der Waals surface area contributed by atoms with Gasteiger partial charge in [0.15, 0.2) is 0 Å². The Labute approximate surface area is 93.8 Å². The minimum absolute atomic E-state index is 0.930. The molecule has 0 saturated carbocycles. The molecule has 0 fully saturated rings. The summed E-state index contributed by atoms with van der Waals surface area (Å²) >= 11 is 3.02. The van der Waals surface area contributed by atoms with E-state index in [-0.39, 0.29) is 0 Å². The van der Waals surface area contributed by atoms with Gasteiger partial charge in [-0.3, -0.25) is 5.10 Å². The first kappa shape index (κ1) is 8.75. The second kappa shape index (κ2) is 3.56. The van der Waals surface area contributed by atoms with Crippen molar-refractivity contribution in [3.8, 4) is 22.0 Å². The van der Waals surface area contributed by atoms with Gasteiger partial charge in [-0.15, -0.1) is 11.3 Å². The van der Waals surface area contributed by atoms with E-state index >= 15 is 0 Å². The largest absolute Gasteiger partial charge is 0.278 e. The van der Waals surface area contributed by atoms with Crippen molar-refractivity contribution in [1.29, 1.82) is 0 Å². The van der Waals surface area contributed by atoms with Gasteiger partial charge in [0.1, 0.15) is 10.7 Å². The zero-order valence-corrected chi connectivity index (χ0v) is 9.18. The SMILES string of the molecule is c1cc(-c2csnc2-c2nccs2)[nH]n1. The summed E-state index contributed by atoms with van der Waals surface area (Å²) in [5, 5.41) is 11.8. The number of hydrogen-bond acceptors (Lipinski definition) is 5. The second-order valence-corrected chi connectivity index (χ2v) is 4.41. The topological polar surface area (TPSA) is 54.5 Å². The molecule has 6 heteroatoms. The molecule has 0 bridgehead atoms. The van der Waals surface area contributed by atoms with Gasteiger partial charge in [0.2, 0.25) is 0 Å². The minimum atomic E-state index is 0.930. The highest BCUT2D eigenvalue weighted by Crippen LogP contribution is 2.32. The van der Waals surface area contributed by atoms with E-state index < -0.39 is 0 Å². The molecule has 3 heterocycles. The van der Waals surface area contributed by atoms with Crippen molar-refractivity contribution in [2.45, 2.75) is 0 Å². The fourth-order valence-electron chi connectivity index (χ4n) is 1.33. The molecular weight excluding hydrogens is 228 g/mol. The monoisotopic (exact) mass is 234 g/mol. The first-order valence-electron chi connectivity index (χ1n) is 4.29. The Balaban J connectivity index is 2.15. The molecular formula is C9H6N4S2. The van der Waals surface area contributed by atoms with E-state index in [4.69, 9.17) is 0 Å². The number of aromatic amines is 1. The summed E-state index contributed by atoms with van der Waals surface area (Å²) in [5.41, 5.74) is 2.97. The third-order valence-electron chi connectivity index (χ3n) is 2.00. The molecule has 0 unspecified atom stereocenters. The van der Waals surface area contributed by atoms with Crippen LogP contribution in [0.2, 0.25) is 0 Å². The molecule has 1 N–H and O–H groups in total. The average Bonchev–Trinajstić information content (AvgIpc) is 3.01. The lowest BCUT2D eigenvalue weighted by Gasteiger charge is -1.94. The zero-order chi connectivity index (χ0) is 10.1. The molecule has 0 aromatic carbocycles. The number of thiazole rings is 1. The predicted molar refractivity (Wildman–Crippen MR) is 60.8 cm³/mol. The number of rotatable bonds is 2. The molecule has 3 aromatic rings. The van der Waals surface area contributed by atoms with Crippen LogP contribution in [0.4, 0.5) is 0 Å². The van der Waals surface area contributed by atoms with Crippen molar-refractivity contribution in [3.05, 3.63) is 29.2 Å².